The minimum Gasteiger partial charge on any atom is -0.497 e. The minimum atomic E-state index is -0.561. The van der Waals surface area contributed by atoms with Gasteiger partial charge in [0.25, 0.3) is 0 Å². The van der Waals surface area contributed by atoms with Gasteiger partial charge in [-0.2, -0.15) is 0 Å². The number of methoxy groups -OCH3 is 1. The highest BCUT2D eigenvalue weighted by Crippen LogP contribution is 2.44. The fraction of sp³-hybridized carbons (Fsp3) is 0.478. The summed E-state index contributed by atoms with van der Waals surface area (Å²) in [6, 6.07) is 15.4. The molecule has 2 aliphatic rings. The molecule has 1 unspecified atom stereocenters. The Morgan fingerprint density at radius 3 is 2.70 bits per heavy atom. The van der Waals surface area contributed by atoms with E-state index in [-0.39, 0.29) is 17.8 Å². The van der Waals surface area contributed by atoms with Crippen LogP contribution in [0.2, 0.25) is 0 Å². The quantitative estimate of drug-likeness (QED) is 0.866. The molecule has 1 heterocycles. The Hall–Kier alpha value is -1.91. The number of rotatable bonds is 4. The summed E-state index contributed by atoms with van der Waals surface area (Å²) in [6.07, 6.45) is 5.07. The van der Waals surface area contributed by atoms with Crippen molar-refractivity contribution in [2.75, 3.05) is 13.7 Å². The Morgan fingerprint density at radius 1 is 1.15 bits per heavy atom. The van der Waals surface area contributed by atoms with E-state index in [1.54, 1.807) is 19.2 Å². The Morgan fingerprint density at radius 2 is 1.96 bits per heavy atom. The third-order valence-electron chi connectivity index (χ3n) is 6.58. The molecule has 2 aromatic carbocycles. The topological polar surface area (TPSA) is 33.9 Å². The minimum absolute atomic E-state index is 0.181. The summed E-state index contributed by atoms with van der Waals surface area (Å²) in [4.78, 5) is 1.42. The molecule has 4 rings (SSSR count). The lowest BCUT2D eigenvalue weighted by atomic mass is 9.66. The molecule has 1 aliphatic carbocycles. The lowest BCUT2D eigenvalue weighted by Gasteiger charge is -2.50. The molecule has 4 heteroatoms. The Balaban J connectivity index is 1.67. The van der Waals surface area contributed by atoms with Crippen molar-refractivity contribution in [1.29, 1.82) is 0 Å². The third-order valence-corrected chi connectivity index (χ3v) is 6.58. The van der Waals surface area contributed by atoms with Crippen LogP contribution < -0.4 is 9.64 Å². The summed E-state index contributed by atoms with van der Waals surface area (Å²) in [6.45, 7) is 1.68. The molecular formula is C23H29FNO2+. The zero-order valence-electron chi connectivity index (χ0n) is 16.0. The smallest absolute Gasteiger partial charge is 0.123 e. The zero-order valence-corrected chi connectivity index (χ0v) is 16.0. The molecule has 1 aliphatic heterocycles. The number of ether oxygens (including phenoxy) is 1. The van der Waals surface area contributed by atoms with Crippen LogP contribution >= 0.6 is 0 Å². The van der Waals surface area contributed by atoms with Gasteiger partial charge in [0.05, 0.1) is 19.3 Å². The highest BCUT2D eigenvalue weighted by molar-refractivity contribution is 5.29. The van der Waals surface area contributed by atoms with Gasteiger partial charge in [-0.15, -0.1) is 0 Å². The second-order valence-electron chi connectivity index (χ2n) is 8.17. The number of hydrogen-bond donors (Lipinski definition) is 2. The van der Waals surface area contributed by atoms with Crippen LogP contribution in [0, 0.1) is 11.7 Å². The maximum atomic E-state index is 13.7. The van der Waals surface area contributed by atoms with Crippen LogP contribution in [0.15, 0.2) is 48.5 Å². The number of hydrogen-bond acceptors (Lipinski definition) is 2. The molecule has 0 radical (unpaired) electrons. The van der Waals surface area contributed by atoms with Crippen LogP contribution in [-0.2, 0) is 6.54 Å². The van der Waals surface area contributed by atoms with Crippen LogP contribution in [0.25, 0.3) is 0 Å². The van der Waals surface area contributed by atoms with Gasteiger partial charge >= 0.3 is 0 Å². The SMILES string of the molecule is COc1ccc([C@H]2[C@@H]3CCCC[C@]3(O)CC[NH+]2Cc2cccc(F)c2)cc1. The fourth-order valence-electron chi connectivity index (χ4n) is 5.24. The Bertz CT molecular complexity index is 778. The summed E-state index contributed by atoms with van der Waals surface area (Å²) in [5.74, 6) is 0.913. The summed E-state index contributed by atoms with van der Waals surface area (Å²) < 4.78 is 19.0. The molecule has 1 saturated carbocycles. The van der Waals surface area contributed by atoms with Crippen molar-refractivity contribution in [3.63, 3.8) is 0 Å². The summed E-state index contributed by atoms with van der Waals surface area (Å²) in [5, 5.41) is 11.4. The van der Waals surface area contributed by atoms with E-state index in [2.05, 4.69) is 12.1 Å². The van der Waals surface area contributed by atoms with Crippen LogP contribution in [0.3, 0.4) is 0 Å². The number of nitrogens with one attached hydrogen (secondary N) is 1. The molecule has 3 nitrogen and oxygen atoms in total. The van der Waals surface area contributed by atoms with Crippen molar-refractivity contribution in [3.8, 4) is 5.75 Å². The average molecular weight is 370 g/mol. The average Bonchev–Trinajstić information content (AvgIpc) is 2.68. The molecule has 4 atom stereocenters. The second kappa shape index (κ2) is 7.61. The maximum Gasteiger partial charge on any atom is 0.123 e. The number of likely N-dealkylation sites (tertiary alicyclic amines) is 1. The van der Waals surface area contributed by atoms with Crippen LogP contribution in [0.1, 0.15) is 49.3 Å². The number of fused-ring (bicyclic) bond motifs is 1. The van der Waals surface area contributed by atoms with Crippen molar-refractivity contribution >= 4 is 0 Å². The number of aliphatic hydroxyl groups is 1. The third kappa shape index (κ3) is 3.74. The van der Waals surface area contributed by atoms with E-state index >= 15 is 0 Å². The normalized spacial score (nSPS) is 30.6. The number of piperidine rings is 1. The van der Waals surface area contributed by atoms with E-state index in [0.717, 1.165) is 50.1 Å². The van der Waals surface area contributed by atoms with Gasteiger partial charge in [-0.3, -0.25) is 0 Å². The zero-order chi connectivity index (χ0) is 18.9. The van der Waals surface area contributed by atoms with E-state index in [1.165, 1.54) is 23.0 Å². The van der Waals surface area contributed by atoms with Crippen molar-refractivity contribution in [2.45, 2.75) is 50.3 Å². The molecule has 0 aromatic heterocycles. The predicted octanol–water partition coefficient (Wildman–Crippen LogP) is 3.29. The summed E-state index contributed by atoms with van der Waals surface area (Å²) >= 11 is 0. The highest BCUT2D eigenvalue weighted by Gasteiger charge is 2.51. The molecule has 0 spiro atoms. The lowest BCUT2D eigenvalue weighted by Crippen LogP contribution is -3.13. The molecule has 27 heavy (non-hydrogen) atoms. The molecule has 1 saturated heterocycles. The first kappa shape index (κ1) is 18.5. The van der Waals surface area contributed by atoms with Crippen LogP contribution in [0.5, 0.6) is 5.75 Å². The van der Waals surface area contributed by atoms with Crippen molar-refractivity contribution < 1.29 is 19.1 Å². The Kier molecular flexibility index (Phi) is 5.20. The van der Waals surface area contributed by atoms with Crippen LogP contribution in [0.4, 0.5) is 4.39 Å². The molecule has 144 valence electrons. The monoisotopic (exact) mass is 370 g/mol. The van der Waals surface area contributed by atoms with E-state index in [1.807, 2.05) is 18.2 Å². The molecule has 2 aromatic rings. The molecule has 0 amide bonds. The van der Waals surface area contributed by atoms with E-state index in [4.69, 9.17) is 4.74 Å². The van der Waals surface area contributed by atoms with Gasteiger partial charge in [0.2, 0.25) is 0 Å². The first-order valence-corrected chi connectivity index (χ1v) is 10.0. The number of quaternary nitrogens is 1. The van der Waals surface area contributed by atoms with Gasteiger partial charge in [0, 0.05) is 23.5 Å². The van der Waals surface area contributed by atoms with Gasteiger partial charge in [-0.05, 0) is 49.2 Å². The van der Waals surface area contributed by atoms with E-state index in [0.29, 0.717) is 0 Å². The van der Waals surface area contributed by atoms with E-state index in [9.17, 15) is 9.50 Å². The van der Waals surface area contributed by atoms with Crippen molar-refractivity contribution in [2.24, 2.45) is 5.92 Å². The standard InChI is InChI=1S/C23H28FNO2/c1-27-20-10-8-18(9-11-20)22-21-7-2-3-12-23(21,26)13-14-25(22)16-17-5-4-6-19(24)15-17/h4-6,8-11,15,21-22,26H,2-3,7,12-14,16H2,1H3/p+1/t21-,22-,23-/m0/s1. The highest BCUT2D eigenvalue weighted by atomic mass is 19.1. The van der Waals surface area contributed by atoms with Gasteiger partial charge in [0.15, 0.2) is 0 Å². The van der Waals surface area contributed by atoms with Crippen LogP contribution in [-0.4, -0.2) is 24.4 Å². The van der Waals surface area contributed by atoms with Gasteiger partial charge < -0.3 is 14.7 Å². The first-order chi connectivity index (χ1) is 13.1. The number of benzene rings is 2. The maximum absolute atomic E-state index is 13.7. The fourth-order valence-corrected chi connectivity index (χ4v) is 5.24. The first-order valence-electron chi connectivity index (χ1n) is 10.0. The summed E-state index contributed by atoms with van der Waals surface area (Å²) in [5.41, 5.74) is 1.70. The molecule has 0 bridgehead atoms. The largest absolute Gasteiger partial charge is 0.497 e. The molecular weight excluding hydrogens is 341 g/mol. The summed E-state index contributed by atoms with van der Waals surface area (Å²) in [7, 11) is 1.68. The second-order valence-corrected chi connectivity index (χ2v) is 8.17. The Labute approximate surface area is 160 Å². The van der Waals surface area contributed by atoms with Gasteiger partial charge in [0.1, 0.15) is 24.2 Å². The predicted molar refractivity (Wildman–Crippen MR) is 103 cm³/mol. The lowest BCUT2D eigenvalue weighted by molar-refractivity contribution is -0.958. The van der Waals surface area contributed by atoms with Crippen molar-refractivity contribution in [1.82, 2.24) is 0 Å². The van der Waals surface area contributed by atoms with E-state index < -0.39 is 5.60 Å². The molecule has 2 N–H and O–H groups in total. The molecule has 2 fully saturated rings. The van der Waals surface area contributed by atoms with Gasteiger partial charge in [-0.25, -0.2) is 4.39 Å². The number of halogens is 1. The van der Waals surface area contributed by atoms with Crippen molar-refractivity contribution in [3.05, 3.63) is 65.5 Å². The van der Waals surface area contributed by atoms with Gasteiger partial charge in [-0.1, -0.05) is 25.0 Å².